The quantitative estimate of drug-likeness (QED) is 0.878. The van der Waals surface area contributed by atoms with Crippen LogP contribution in [0.15, 0.2) is 24.3 Å². The lowest BCUT2D eigenvalue weighted by molar-refractivity contribution is -0.156. The Hall–Kier alpha value is -1.95. The monoisotopic (exact) mass is 376 g/mol. The van der Waals surface area contributed by atoms with Crippen molar-refractivity contribution in [1.29, 1.82) is 0 Å². The Balaban J connectivity index is 1.59. The second kappa shape index (κ2) is 7.23. The van der Waals surface area contributed by atoms with E-state index < -0.39 is 16.8 Å². The van der Waals surface area contributed by atoms with Crippen LogP contribution in [-0.4, -0.2) is 53.0 Å². The van der Waals surface area contributed by atoms with Gasteiger partial charge >= 0.3 is 5.97 Å². The van der Waals surface area contributed by atoms with Crippen LogP contribution >= 0.6 is 0 Å². The fourth-order valence-electron chi connectivity index (χ4n) is 4.51. The van der Waals surface area contributed by atoms with Gasteiger partial charge in [-0.2, -0.15) is 0 Å². The summed E-state index contributed by atoms with van der Waals surface area (Å²) in [5.41, 5.74) is -0.371. The molecule has 1 saturated heterocycles. The van der Waals surface area contributed by atoms with Crippen molar-refractivity contribution in [2.75, 3.05) is 26.2 Å². The smallest absolute Gasteiger partial charge is 0.309 e. The Kier molecular flexibility index (Phi) is 5.30. The molecule has 2 fully saturated rings. The molecule has 1 aliphatic heterocycles. The minimum Gasteiger partial charge on any atom is -0.481 e. The number of hydrogen-bond donors (Lipinski definition) is 1. The molecule has 2 unspecified atom stereocenters. The highest BCUT2D eigenvalue weighted by molar-refractivity contribution is 5.84. The average molecular weight is 376 g/mol. The van der Waals surface area contributed by atoms with Gasteiger partial charge in [0, 0.05) is 38.6 Å². The molecule has 0 bridgehead atoms. The van der Waals surface area contributed by atoms with Gasteiger partial charge in [0.1, 0.15) is 5.82 Å². The number of carbonyl (C=O) groups is 2. The number of amides is 1. The van der Waals surface area contributed by atoms with Gasteiger partial charge in [-0.25, -0.2) is 4.39 Å². The van der Waals surface area contributed by atoms with E-state index in [-0.39, 0.29) is 17.6 Å². The molecular formula is C21H29FN2O3. The first-order valence-corrected chi connectivity index (χ1v) is 9.64. The summed E-state index contributed by atoms with van der Waals surface area (Å²) in [7, 11) is 0. The maximum absolute atomic E-state index is 13.1. The molecule has 27 heavy (non-hydrogen) atoms. The van der Waals surface area contributed by atoms with Crippen LogP contribution in [0.1, 0.15) is 39.2 Å². The lowest BCUT2D eigenvalue weighted by atomic mass is 9.65. The van der Waals surface area contributed by atoms with E-state index in [4.69, 9.17) is 0 Å². The molecule has 148 valence electrons. The Morgan fingerprint density at radius 3 is 2.22 bits per heavy atom. The van der Waals surface area contributed by atoms with Crippen molar-refractivity contribution in [1.82, 2.24) is 9.80 Å². The number of halogens is 1. The third-order valence-electron chi connectivity index (χ3n) is 7.00. The zero-order chi connectivity index (χ0) is 19.8. The van der Waals surface area contributed by atoms with Crippen molar-refractivity contribution in [3.05, 3.63) is 35.6 Å². The lowest BCUT2D eigenvalue weighted by Crippen LogP contribution is -2.52. The van der Waals surface area contributed by atoms with Crippen LogP contribution in [0.25, 0.3) is 0 Å². The molecule has 1 N–H and O–H groups in total. The average Bonchev–Trinajstić information content (AvgIpc) is 2.88. The second-order valence-corrected chi connectivity index (χ2v) is 8.68. The van der Waals surface area contributed by atoms with E-state index in [0.717, 1.165) is 25.2 Å². The number of carboxylic acids is 1. The van der Waals surface area contributed by atoms with Crippen molar-refractivity contribution < 1.29 is 19.1 Å². The summed E-state index contributed by atoms with van der Waals surface area (Å²) in [5.74, 6) is -1.21. The first kappa shape index (κ1) is 19.8. The fourth-order valence-corrected chi connectivity index (χ4v) is 4.51. The number of rotatable bonds is 4. The fraction of sp³-hybridized carbons (Fsp3) is 0.619. The standard InChI is InChI=1S/C21H29FN2O3/c1-20(2)17(8-9-21(20,3)19(26)27)18(25)24-12-10-23(11-13-24)14-15-4-6-16(22)7-5-15/h4-7,17H,8-14H2,1-3H3,(H,26,27). The molecule has 1 heterocycles. The van der Waals surface area contributed by atoms with Crippen molar-refractivity contribution >= 4 is 11.9 Å². The van der Waals surface area contributed by atoms with E-state index in [1.165, 1.54) is 12.1 Å². The van der Waals surface area contributed by atoms with Crippen LogP contribution in [-0.2, 0) is 16.1 Å². The van der Waals surface area contributed by atoms with Crippen LogP contribution in [0.3, 0.4) is 0 Å². The molecule has 2 atom stereocenters. The third-order valence-corrected chi connectivity index (χ3v) is 7.00. The van der Waals surface area contributed by atoms with E-state index in [2.05, 4.69) is 4.90 Å². The first-order valence-electron chi connectivity index (χ1n) is 9.64. The van der Waals surface area contributed by atoms with Crippen LogP contribution in [0.5, 0.6) is 0 Å². The SMILES string of the molecule is CC1(C(=O)O)CCC(C(=O)N2CCN(Cc3ccc(F)cc3)CC2)C1(C)C. The van der Waals surface area contributed by atoms with Gasteiger partial charge in [0.25, 0.3) is 0 Å². The summed E-state index contributed by atoms with van der Waals surface area (Å²) >= 11 is 0. The van der Waals surface area contributed by atoms with Crippen LogP contribution in [0, 0.1) is 22.6 Å². The molecule has 2 aliphatic rings. The molecule has 0 aromatic heterocycles. The second-order valence-electron chi connectivity index (χ2n) is 8.68. The van der Waals surface area contributed by atoms with Crippen molar-refractivity contribution in [2.24, 2.45) is 16.7 Å². The van der Waals surface area contributed by atoms with Crippen LogP contribution < -0.4 is 0 Å². The van der Waals surface area contributed by atoms with E-state index in [9.17, 15) is 19.1 Å². The van der Waals surface area contributed by atoms with Gasteiger partial charge < -0.3 is 10.0 Å². The lowest BCUT2D eigenvalue weighted by Gasteiger charge is -2.41. The predicted molar refractivity (Wildman–Crippen MR) is 101 cm³/mol. The molecule has 1 amide bonds. The maximum atomic E-state index is 13.1. The number of benzene rings is 1. The minimum absolute atomic E-state index is 0.0893. The number of aliphatic carboxylic acids is 1. The van der Waals surface area contributed by atoms with E-state index in [1.54, 1.807) is 19.1 Å². The summed E-state index contributed by atoms with van der Waals surface area (Å²) < 4.78 is 13.0. The van der Waals surface area contributed by atoms with Gasteiger partial charge in [-0.05, 0) is 42.9 Å². The Bertz CT molecular complexity index is 711. The number of hydrogen-bond acceptors (Lipinski definition) is 3. The molecule has 3 rings (SSSR count). The highest BCUT2D eigenvalue weighted by Gasteiger charge is 2.58. The van der Waals surface area contributed by atoms with E-state index in [0.29, 0.717) is 25.9 Å². The largest absolute Gasteiger partial charge is 0.481 e. The third kappa shape index (κ3) is 3.59. The van der Waals surface area contributed by atoms with E-state index >= 15 is 0 Å². The summed E-state index contributed by atoms with van der Waals surface area (Å²) in [6, 6.07) is 6.52. The summed E-state index contributed by atoms with van der Waals surface area (Å²) in [5, 5.41) is 9.66. The molecule has 0 radical (unpaired) electrons. The van der Waals surface area contributed by atoms with Crippen LogP contribution in [0.2, 0.25) is 0 Å². The molecule has 1 aromatic rings. The van der Waals surface area contributed by atoms with Gasteiger partial charge in [0.05, 0.1) is 5.41 Å². The van der Waals surface area contributed by atoms with Gasteiger partial charge in [-0.1, -0.05) is 26.0 Å². The molecule has 1 aromatic carbocycles. The van der Waals surface area contributed by atoms with Gasteiger partial charge in [-0.3, -0.25) is 14.5 Å². The Morgan fingerprint density at radius 2 is 1.70 bits per heavy atom. The minimum atomic E-state index is -0.863. The van der Waals surface area contributed by atoms with Crippen molar-refractivity contribution in [3.63, 3.8) is 0 Å². The predicted octanol–water partition coefficient (Wildman–Crippen LogP) is 3.00. The zero-order valence-electron chi connectivity index (χ0n) is 16.4. The van der Waals surface area contributed by atoms with Crippen LogP contribution in [0.4, 0.5) is 4.39 Å². The summed E-state index contributed by atoms with van der Waals surface area (Å²) in [6.45, 7) is 9.19. The Morgan fingerprint density at radius 1 is 1.11 bits per heavy atom. The number of nitrogens with zero attached hydrogens (tertiary/aromatic N) is 2. The van der Waals surface area contributed by atoms with E-state index in [1.807, 2.05) is 18.7 Å². The molecular weight excluding hydrogens is 347 g/mol. The molecule has 0 spiro atoms. The first-order chi connectivity index (χ1) is 12.6. The van der Waals surface area contributed by atoms with Gasteiger partial charge in [-0.15, -0.1) is 0 Å². The normalized spacial score (nSPS) is 28.3. The number of carbonyl (C=O) groups excluding carboxylic acids is 1. The molecule has 1 aliphatic carbocycles. The zero-order valence-corrected chi connectivity index (χ0v) is 16.4. The molecule has 1 saturated carbocycles. The van der Waals surface area contributed by atoms with Gasteiger partial charge in [0.15, 0.2) is 0 Å². The summed E-state index contributed by atoms with van der Waals surface area (Å²) in [6.07, 6.45) is 1.17. The topological polar surface area (TPSA) is 60.9 Å². The Labute approximate surface area is 160 Å². The number of piperazine rings is 1. The summed E-state index contributed by atoms with van der Waals surface area (Å²) in [4.78, 5) is 29.0. The van der Waals surface area contributed by atoms with Crippen molar-refractivity contribution in [3.8, 4) is 0 Å². The van der Waals surface area contributed by atoms with Crippen molar-refractivity contribution in [2.45, 2.75) is 40.2 Å². The highest BCUT2D eigenvalue weighted by atomic mass is 19.1. The maximum Gasteiger partial charge on any atom is 0.309 e. The molecule has 5 nitrogen and oxygen atoms in total. The number of carboxylic acid groups (broad SMARTS) is 1. The van der Waals surface area contributed by atoms with Gasteiger partial charge in [0.2, 0.25) is 5.91 Å². The highest BCUT2D eigenvalue weighted by Crippen LogP contribution is 2.56. The molecule has 6 heteroatoms.